The van der Waals surface area contributed by atoms with Crippen molar-refractivity contribution in [2.45, 2.75) is 40.3 Å². The van der Waals surface area contributed by atoms with Gasteiger partial charge in [0.25, 0.3) is 5.91 Å². The fourth-order valence-electron chi connectivity index (χ4n) is 3.82. The molecule has 4 aromatic rings. The summed E-state index contributed by atoms with van der Waals surface area (Å²) in [4.78, 5) is 18.0. The van der Waals surface area contributed by atoms with Crippen molar-refractivity contribution in [2.75, 3.05) is 7.11 Å². The van der Waals surface area contributed by atoms with Gasteiger partial charge in [0.15, 0.2) is 5.65 Å². The zero-order valence-electron chi connectivity index (χ0n) is 18.4. The first kappa shape index (κ1) is 20.6. The minimum Gasteiger partial charge on any atom is -0.497 e. The van der Waals surface area contributed by atoms with Crippen LogP contribution in [0.15, 0.2) is 42.6 Å². The molecular weight excluding hydrogens is 392 g/mol. The lowest BCUT2D eigenvalue weighted by Crippen LogP contribution is -2.28. The zero-order chi connectivity index (χ0) is 22.1. The first-order valence-corrected chi connectivity index (χ1v) is 10.3. The molecule has 8 nitrogen and oxygen atoms in total. The second kappa shape index (κ2) is 8.22. The highest BCUT2D eigenvalue weighted by atomic mass is 16.5. The van der Waals surface area contributed by atoms with Gasteiger partial charge in [-0.1, -0.05) is 0 Å². The SMILES string of the molecule is CCn1nccc1[C@@H](C)NC(=O)c1cc(C)nc2c1c(C)nn2-c1ccc(OC)cc1. The number of nitrogens with one attached hydrogen (secondary N) is 1. The molecule has 0 bridgehead atoms. The lowest BCUT2D eigenvalue weighted by atomic mass is 10.1. The number of aromatic nitrogens is 5. The van der Waals surface area contributed by atoms with Gasteiger partial charge in [-0.3, -0.25) is 9.48 Å². The number of ether oxygens (including phenoxy) is 1. The number of carbonyl (C=O) groups is 1. The Bertz CT molecular complexity index is 1240. The Balaban J connectivity index is 1.74. The molecule has 1 aromatic carbocycles. The number of rotatable bonds is 6. The average Bonchev–Trinajstić information content (AvgIpc) is 3.37. The summed E-state index contributed by atoms with van der Waals surface area (Å²) < 4.78 is 8.89. The monoisotopic (exact) mass is 418 g/mol. The molecule has 8 heteroatoms. The largest absolute Gasteiger partial charge is 0.497 e. The van der Waals surface area contributed by atoms with Gasteiger partial charge < -0.3 is 10.1 Å². The van der Waals surface area contributed by atoms with Crippen molar-refractivity contribution in [3.8, 4) is 11.4 Å². The van der Waals surface area contributed by atoms with Crippen molar-refractivity contribution >= 4 is 16.9 Å². The molecule has 0 spiro atoms. The number of nitrogens with zero attached hydrogens (tertiary/aromatic N) is 5. The topological polar surface area (TPSA) is 86.9 Å². The number of fused-ring (bicyclic) bond motifs is 1. The Morgan fingerprint density at radius 3 is 2.61 bits per heavy atom. The van der Waals surface area contributed by atoms with E-state index in [4.69, 9.17) is 4.74 Å². The lowest BCUT2D eigenvalue weighted by molar-refractivity contribution is 0.0939. The molecule has 0 aliphatic rings. The highest BCUT2D eigenvalue weighted by Gasteiger charge is 2.22. The normalized spacial score (nSPS) is 12.2. The van der Waals surface area contributed by atoms with Crippen molar-refractivity contribution in [1.29, 1.82) is 0 Å². The van der Waals surface area contributed by atoms with Crippen molar-refractivity contribution in [3.63, 3.8) is 0 Å². The number of amides is 1. The number of carbonyl (C=O) groups excluding carboxylic acids is 1. The summed E-state index contributed by atoms with van der Waals surface area (Å²) >= 11 is 0. The number of hydrogen-bond acceptors (Lipinski definition) is 5. The maximum Gasteiger partial charge on any atom is 0.252 e. The highest BCUT2D eigenvalue weighted by Crippen LogP contribution is 2.26. The molecule has 0 radical (unpaired) electrons. The van der Waals surface area contributed by atoms with Crippen molar-refractivity contribution in [2.24, 2.45) is 0 Å². The quantitative estimate of drug-likeness (QED) is 0.515. The van der Waals surface area contributed by atoms with E-state index < -0.39 is 0 Å². The standard InChI is InChI=1S/C23H26N6O2/c1-6-28-20(11-12-24-28)15(3)26-23(30)19-13-14(2)25-22-21(19)16(4)27-29(22)17-7-9-18(31-5)10-8-17/h7-13,15H,6H2,1-5H3,(H,26,30)/t15-/m1/s1. The number of aryl methyl sites for hydroxylation is 3. The Kier molecular flexibility index (Phi) is 5.46. The van der Waals surface area contributed by atoms with Crippen LogP contribution < -0.4 is 10.1 Å². The summed E-state index contributed by atoms with van der Waals surface area (Å²) in [6.45, 7) is 8.50. The highest BCUT2D eigenvalue weighted by molar-refractivity contribution is 6.06. The Morgan fingerprint density at radius 2 is 1.94 bits per heavy atom. The molecule has 0 aliphatic heterocycles. The van der Waals surface area contributed by atoms with Gasteiger partial charge in [-0.2, -0.15) is 10.2 Å². The second-order valence-electron chi connectivity index (χ2n) is 7.47. The summed E-state index contributed by atoms with van der Waals surface area (Å²) in [5.74, 6) is 0.602. The average molecular weight is 419 g/mol. The number of hydrogen-bond donors (Lipinski definition) is 1. The fourth-order valence-corrected chi connectivity index (χ4v) is 3.82. The minimum atomic E-state index is -0.185. The van der Waals surface area contributed by atoms with Crippen LogP contribution in [-0.4, -0.2) is 37.6 Å². The van der Waals surface area contributed by atoms with E-state index in [0.29, 0.717) is 11.2 Å². The molecule has 31 heavy (non-hydrogen) atoms. The Hall–Kier alpha value is -3.68. The van der Waals surface area contributed by atoms with Gasteiger partial charge in [0, 0.05) is 18.4 Å². The molecular formula is C23H26N6O2. The predicted octanol–water partition coefficient (Wildman–Crippen LogP) is 3.75. The van der Waals surface area contributed by atoms with E-state index in [0.717, 1.165) is 40.4 Å². The first-order chi connectivity index (χ1) is 14.9. The Labute approximate surface area is 180 Å². The van der Waals surface area contributed by atoms with Crippen LogP contribution in [0.3, 0.4) is 0 Å². The summed E-state index contributed by atoms with van der Waals surface area (Å²) in [6, 6.07) is 11.1. The van der Waals surface area contributed by atoms with Crippen LogP contribution >= 0.6 is 0 Å². The van der Waals surface area contributed by atoms with Gasteiger partial charge in [-0.05, 0) is 64.1 Å². The molecule has 0 saturated heterocycles. The van der Waals surface area contributed by atoms with Crippen LogP contribution in [0.5, 0.6) is 5.75 Å². The number of pyridine rings is 1. The van der Waals surface area contributed by atoms with Gasteiger partial charge in [-0.15, -0.1) is 0 Å². The summed E-state index contributed by atoms with van der Waals surface area (Å²) in [5.41, 5.74) is 4.52. The maximum atomic E-state index is 13.3. The minimum absolute atomic E-state index is 0.163. The van der Waals surface area contributed by atoms with E-state index in [9.17, 15) is 4.79 Å². The van der Waals surface area contributed by atoms with E-state index >= 15 is 0 Å². The maximum absolute atomic E-state index is 13.3. The van der Waals surface area contributed by atoms with Crippen LogP contribution in [0.2, 0.25) is 0 Å². The van der Waals surface area contributed by atoms with Crippen molar-refractivity contribution < 1.29 is 9.53 Å². The lowest BCUT2D eigenvalue weighted by Gasteiger charge is -2.16. The molecule has 1 atom stereocenters. The van der Waals surface area contributed by atoms with Crippen LogP contribution in [0, 0.1) is 13.8 Å². The third-order valence-corrected chi connectivity index (χ3v) is 5.34. The molecule has 0 aliphatic carbocycles. The van der Waals surface area contributed by atoms with Crippen molar-refractivity contribution in [1.82, 2.24) is 29.9 Å². The van der Waals surface area contributed by atoms with Crippen LogP contribution in [-0.2, 0) is 6.54 Å². The van der Waals surface area contributed by atoms with E-state index in [1.54, 1.807) is 18.0 Å². The third-order valence-electron chi connectivity index (χ3n) is 5.34. The molecule has 3 heterocycles. The molecule has 0 fully saturated rings. The summed E-state index contributed by atoms with van der Waals surface area (Å²) in [5, 5.41) is 12.8. The fraction of sp³-hybridized carbons (Fsp3) is 0.304. The van der Waals surface area contributed by atoms with Crippen LogP contribution in [0.4, 0.5) is 0 Å². The van der Waals surface area contributed by atoms with Gasteiger partial charge in [-0.25, -0.2) is 9.67 Å². The predicted molar refractivity (Wildman–Crippen MR) is 119 cm³/mol. The zero-order valence-corrected chi connectivity index (χ0v) is 18.4. The Morgan fingerprint density at radius 1 is 1.19 bits per heavy atom. The molecule has 1 amide bonds. The molecule has 3 aromatic heterocycles. The number of benzene rings is 1. The van der Waals surface area contributed by atoms with Crippen molar-refractivity contribution in [3.05, 3.63) is 65.2 Å². The molecule has 160 valence electrons. The molecule has 0 saturated carbocycles. The molecule has 1 N–H and O–H groups in total. The van der Waals surface area contributed by atoms with Gasteiger partial charge >= 0.3 is 0 Å². The van der Waals surface area contributed by atoms with E-state index in [1.807, 2.05) is 68.8 Å². The van der Waals surface area contributed by atoms with Gasteiger partial charge in [0.05, 0.1) is 41.2 Å². The molecule has 0 unspecified atom stereocenters. The smallest absolute Gasteiger partial charge is 0.252 e. The number of methoxy groups -OCH3 is 1. The third kappa shape index (κ3) is 3.76. The van der Waals surface area contributed by atoms with E-state index in [-0.39, 0.29) is 11.9 Å². The van der Waals surface area contributed by atoms with Crippen LogP contribution in [0.25, 0.3) is 16.7 Å². The van der Waals surface area contributed by atoms with Gasteiger partial charge in [0.1, 0.15) is 5.75 Å². The second-order valence-corrected chi connectivity index (χ2v) is 7.47. The first-order valence-electron chi connectivity index (χ1n) is 10.3. The van der Waals surface area contributed by atoms with E-state index in [1.165, 1.54) is 0 Å². The summed E-state index contributed by atoms with van der Waals surface area (Å²) in [7, 11) is 1.63. The molecule has 4 rings (SSSR count). The van der Waals surface area contributed by atoms with Crippen LogP contribution in [0.1, 0.15) is 47.3 Å². The van der Waals surface area contributed by atoms with E-state index in [2.05, 4.69) is 20.5 Å². The van der Waals surface area contributed by atoms with Gasteiger partial charge in [0.2, 0.25) is 0 Å². The summed E-state index contributed by atoms with van der Waals surface area (Å²) in [6.07, 6.45) is 1.75.